The Bertz CT molecular complexity index is 990. The highest BCUT2D eigenvalue weighted by Gasteiger charge is 2.20. The number of nitrogens with one attached hydrogen (secondary N) is 1. The number of carbonyl (C=O) groups excluding carboxylic acids is 1. The molecule has 0 saturated carbocycles. The first-order valence-corrected chi connectivity index (χ1v) is 10.0. The van der Waals surface area contributed by atoms with Crippen molar-refractivity contribution >= 4 is 22.9 Å². The number of amides is 1. The predicted molar refractivity (Wildman–Crippen MR) is 111 cm³/mol. The Balaban J connectivity index is 1.66. The highest BCUT2D eigenvalue weighted by Crippen LogP contribution is 2.30. The fourth-order valence-corrected chi connectivity index (χ4v) is 3.58. The van der Waals surface area contributed by atoms with E-state index in [4.69, 9.17) is 4.74 Å². The number of hydrogen-bond acceptors (Lipinski definition) is 4. The number of hydrogen-bond donors (Lipinski definition) is 1. The molecule has 0 fully saturated rings. The van der Waals surface area contributed by atoms with Gasteiger partial charge in [0.15, 0.2) is 6.10 Å². The number of anilines is 1. The minimum Gasteiger partial charge on any atom is -0.481 e. The quantitative estimate of drug-likeness (QED) is 0.573. The highest BCUT2D eigenvalue weighted by atomic mass is 32.1. The van der Waals surface area contributed by atoms with Gasteiger partial charge in [0.25, 0.3) is 5.91 Å². The number of benzene rings is 2. The molecule has 0 spiro atoms. The van der Waals surface area contributed by atoms with E-state index in [2.05, 4.69) is 31.1 Å². The van der Waals surface area contributed by atoms with Crippen molar-refractivity contribution in [3.63, 3.8) is 0 Å². The molecule has 1 atom stereocenters. The number of halogens is 2. The van der Waals surface area contributed by atoms with Crippen molar-refractivity contribution in [2.75, 3.05) is 5.32 Å². The van der Waals surface area contributed by atoms with E-state index in [1.807, 2.05) is 17.5 Å². The van der Waals surface area contributed by atoms with Crippen LogP contribution in [0.3, 0.4) is 0 Å². The summed E-state index contributed by atoms with van der Waals surface area (Å²) in [6.45, 7) is 7.85. The minimum atomic E-state index is -0.938. The second kappa shape index (κ2) is 8.29. The van der Waals surface area contributed by atoms with Gasteiger partial charge in [-0.3, -0.25) is 4.79 Å². The molecule has 0 aliphatic carbocycles. The van der Waals surface area contributed by atoms with E-state index < -0.39 is 29.3 Å². The highest BCUT2D eigenvalue weighted by molar-refractivity contribution is 7.13. The maximum absolute atomic E-state index is 13.7. The van der Waals surface area contributed by atoms with Crippen LogP contribution < -0.4 is 10.1 Å². The van der Waals surface area contributed by atoms with Gasteiger partial charge in [0.2, 0.25) is 0 Å². The Labute approximate surface area is 172 Å². The van der Waals surface area contributed by atoms with Crippen molar-refractivity contribution in [2.24, 2.45) is 0 Å². The van der Waals surface area contributed by atoms with Gasteiger partial charge in [-0.2, -0.15) is 0 Å². The van der Waals surface area contributed by atoms with E-state index in [0.717, 1.165) is 28.4 Å². The van der Waals surface area contributed by atoms with E-state index in [0.29, 0.717) is 5.75 Å². The van der Waals surface area contributed by atoms with Crippen LogP contribution in [0.2, 0.25) is 0 Å². The lowest BCUT2D eigenvalue weighted by molar-refractivity contribution is -0.122. The maximum Gasteiger partial charge on any atom is 0.265 e. The molecule has 1 N–H and O–H groups in total. The molecule has 1 amide bonds. The lowest BCUT2D eigenvalue weighted by atomic mass is 9.93. The maximum atomic E-state index is 13.7. The first kappa shape index (κ1) is 20.9. The summed E-state index contributed by atoms with van der Waals surface area (Å²) in [4.78, 5) is 16.9. The van der Waals surface area contributed by atoms with Gasteiger partial charge in [0.1, 0.15) is 28.1 Å². The summed E-state index contributed by atoms with van der Waals surface area (Å²) in [5.74, 6) is -1.85. The van der Waals surface area contributed by atoms with E-state index in [1.165, 1.54) is 13.0 Å². The van der Waals surface area contributed by atoms with Gasteiger partial charge >= 0.3 is 0 Å². The van der Waals surface area contributed by atoms with Crippen LogP contribution in [0.5, 0.6) is 5.75 Å². The Morgan fingerprint density at radius 1 is 1.10 bits per heavy atom. The van der Waals surface area contributed by atoms with Crippen LogP contribution in [0.1, 0.15) is 33.4 Å². The molecule has 1 heterocycles. The average molecular weight is 416 g/mol. The number of carbonyl (C=O) groups is 1. The van der Waals surface area contributed by atoms with Gasteiger partial charge in [-0.05, 0) is 43.3 Å². The summed E-state index contributed by atoms with van der Waals surface area (Å²) < 4.78 is 33.0. The molecule has 0 saturated heterocycles. The third-order valence-corrected chi connectivity index (χ3v) is 5.16. The van der Waals surface area contributed by atoms with Crippen LogP contribution in [0.25, 0.3) is 10.6 Å². The summed E-state index contributed by atoms with van der Waals surface area (Å²) in [7, 11) is 0. The van der Waals surface area contributed by atoms with Gasteiger partial charge in [-0.25, -0.2) is 13.8 Å². The Hall–Kier alpha value is -2.80. The van der Waals surface area contributed by atoms with Crippen molar-refractivity contribution in [3.05, 3.63) is 65.2 Å². The number of nitrogens with zero attached hydrogens (tertiary/aromatic N) is 1. The SMILES string of the molecule is C[C@H](Oc1ccc(-c2nc(C(C)(C)C)cs2)cc1)C(=O)Nc1c(F)cccc1F. The zero-order valence-electron chi connectivity index (χ0n) is 16.6. The van der Waals surface area contributed by atoms with Crippen molar-refractivity contribution < 1.29 is 18.3 Å². The summed E-state index contributed by atoms with van der Waals surface area (Å²) in [6, 6.07) is 10.6. The van der Waals surface area contributed by atoms with Crippen LogP contribution in [0, 0.1) is 11.6 Å². The molecule has 3 rings (SSSR count). The normalized spacial score (nSPS) is 12.5. The fourth-order valence-electron chi connectivity index (χ4n) is 2.53. The Morgan fingerprint density at radius 2 is 1.72 bits per heavy atom. The summed E-state index contributed by atoms with van der Waals surface area (Å²) in [6.07, 6.45) is -0.938. The van der Waals surface area contributed by atoms with E-state index in [1.54, 1.807) is 23.5 Å². The summed E-state index contributed by atoms with van der Waals surface area (Å²) in [5, 5.41) is 5.18. The van der Waals surface area contributed by atoms with Crippen molar-refractivity contribution in [1.29, 1.82) is 0 Å². The van der Waals surface area contributed by atoms with E-state index in [-0.39, 0.29) is 5.41 Å². The number of para-hydroxylation sites is 1. The molecule has 152 valence electrons. The summed E-state index contributed by atoms with van der Waals surface area (Å²) >= 11 is 1.57. The molecule has 0 bridgehead atoms. The molecule has 0 aliphatic rings. The molecular weight excluding hydrogens is 394 g/mol. The van der Waals surface area contributed by atoms with Gasteiger partial charge in [-0.1, -0.05) is 26.8 Å². The zero-order chi connectivity index (χ0) is 21.2. The van der Waals surface area contributed by atoms with Gasteiger partial charge in [-0.15, -0.1) is 11.3 Å². The fraction of sp³-hybridized carbons (Fsp3) is 0.273. The molecule has 4 nitrogen and oxygen atoms in total. The molecule has 0 unspecified atom stereocenters. The molecule has 0 aliphatic heterocycles. The third kappa shape index (κ3) is 4.98. The smallest absolute Gasteiger partial charge is 0.265 e. The van der Waals surface area contributed by atoms with Crippen LogP contribution >= 0.6 is 11.3 Å². The number of thiazole rings is 1. The lowest BCUT2D eigenvalue weighted by Gasteiger charge is -2.15. The first-order valence-electron chi connectivity index (χ1n) is 9.13. The number of rotatable bonds is 5. The molecule has 2 aromatic carbocycles. The van der Waals surface area contributed by atoms with Crippen molar-refractivity contribution in [3.8, 4) is 16.3 Å². The number of ether oxygens (including phenoxy) is 1. The van der Waals surface area contributed by atoms with Crippen LogP contribution in [0.15, 0.2) is 47.8 Å². The average Bonchev–Trinajstić information content (AvgIpc) is 3.16. The second-order valence-electron chi connectivity index (χ2n) is 7.66. The molecule has 7 heteroatoms. The van der Waals surface area contributed by atoms with E-state index >= 15 is 0 Å². The minimum absolute atomic E-state index is 0.0156. The Morgan fingerprint density at radius 3 is 2.28 bits per heavy atom. The third-order valence-electron chi connectivity index (χ3n) is 4.27. The lowest BCUT2D eigenvalue weighted by Crippen LogP contribution is -2.30. The standard InChI is InChI=1S/C22H22F2N2O2S/c1-13(20(27)26-19-16(23)6-5-7-17(19)24)28-15-10-8-14(9-11-15)21-25-18(12-29-21)22(2,3)4/h5-13H,1-4H3,(H,26,27)/t13-/m0/s1. The van der Waals surface area contributed by atoms with Gasteiger partial charge in [0.05, 0.1) is 5.69 Å². The molecular formula is C22H22F2N2O2S. The van der Waals surface area contributed by atoms with Crippen LogP contribution in [-0.2, 0) is 10.2 Å². The number of aromatic nitrogens is 1. The van der Waals surface area contributed by atoms with Crippen molar-refractivity contribution in [2.45, 2.75) is 39.2 Å². The second-order valence-corrected chi connectivity index (χ2v) is 8.52. The largest absolute Gasteiger partial charge is 0.481 e. The van der Waals surface area contributed by atoms with Crippen LogP contribution in [0.4, 0.5) is 14.5 Å². The summed E-state index contributed by atoms with van der Waals surface area (Å²) in [5.41, 5.74) is 1.48. The molecule has 0 radical (unpaired) electrons. The van der Waals surface area contributed by atoms with Crippen LogP contribution in [-0.4, -0.2) is 17.0 Å². The Kier molecular flexibility index (Phi) is 5.98. The van der Waals surface area contributed by atoms with E-state index in [9.17, 15) is 13.6 Å². The zero-order valence-corrected chi connectivity index (χ0v) is 17.4. The topological polar surface area (TPSA) is 51.2 Å². The monoisotopic (exact) mass is 416 g/mol. The molecule has 29 heavy (non-hydrogen) atoms. The van der Waals surface area contributed by atoms with Gasteiger partial charge in [0, 0.05) is 16.4 Å². The first-order chi connectivity index (χ1) is 13.6. The van der Waals surface area contributed by atoms with Gasteiger partial charge < -0.3 is 10.1 Å². The van der Waals surface area contributed by atoms with Crippen molar-refractivity contribution in [1.82, 2.24) is 4.98 Å². The predicted octanol–water partition coefficient (Wildman–Crippen LogP) is 5.79. The molecule has 1 aromatic heterocycles. The molecule has 3 aromatic rings.